The largest absolute Gasteiger partial charge is 0.426 e. The minimum atomic E-state index is -0.837. The zero-order valence-electron chi connectivity index (χ0n) is 14.2. The summed E-state index contributed by atoms with van der Waals surface area (Å²) in [7, 11) is 0. The highest BCUT2D eigenvalue weighted by molar-refractivity contribution is 6.15. The van der Waals surface area contributed by atoms with E-state index >= 15 is 0 Å². The number of hydrogen-bond acceptors (Lipinski definition) is 7. The third-order valence-electron chi connectivity index (χ3n) is 4.04. The maximum absolute atomic E-state index is 13.1. The molecular weight excluding hydrogens is 335 g/mol. The molecule has 8 heteroatoms. The van der Waals surface area contributed by atoms with Crippen molar-refractivity contribution < 1.29 is 9.13 Å². The van der Waals surface area contributed by atoms with Crippen LogP contribution in [0.3, 0.4) is 0 Å². The summed E-state index contributed by atoms with van der Waals surface area (Å²) in [6.07, 6.45) is 0.740. The molecule has 0 radical (unpaired) electrons. The van der Waals surface area contributed by atoms with Gasteiger partial charge in [-0.1, -0.05) is 0 Å². The van der Waals surface area contributed by atoms with Crippen LogP contribution >= 0.6 is 0 Å². The Bertz CT molecular complexity index is 891. The number of nitrogens with two attached hydrogens (primary N) is 1. The van der Waals surface area contributed by atoms with E-state index in [9.17, 15) is 4.39 Å². The number of nitrogen functional groups attached to an aromatic ring is 1. The van der Waals surface area contributed by atoms with E-state index in [0.717, 1.165) is 0 Å². The van der Waals surface area contributed by atoms with Crippen LogP contribution in [-0.4, -0.2) is 41.8 Å². The van der Waals surface area contributed by atoms with Crippen LogP contribution in [-0.2, 0) is 4.74 Å². The first-order valence-corrected chi connectivity index (χ1v) is 8.01. The van der Waals surface area contributed by atoms with Gasteiger partial charge in [-0.05, 0) is 30.3 Å². The van der Waals surface area contributed by atoms with Gasteiger partial charge in [0.15, 0.2) is 5.90 Å². The molecule has 1 saturated heterocycles. The molecule has 0 aliphatic carbocycles. The number of anilines is 2. The van der Waals surface area contributed by atoms with Crippen LogP contribution in [0.25, 0.3) is 0 Å². The lowest BCUT2D eigenvalue weighted by Crippen LogP contribution is -2.48. The molecule has 1 aliphatic rings. The highest BCUT2D eigenvalue weighted by atomic mass is 19.1. The van der Waals surface area contributed by atoms with Crippen molar-refractivity contribution in [2.75, 3.05) is 23.7 Å². The monoisotopic (exact) mass is 354 g/mol. The highest BCUT2D eigenvalue weighted by Gasteiger charge is 2.27. The fraction of sp³-hybridized carbons (Fsp3) is 0.222. The first-order valence-electron chi connectivity index (χ1n) is 8.01. The minimum Gasteiger partial charge on any atom is -0.426 e. The fourth-order valence-corrected chi connectivity index (χ4v) is 2.64. The third kappa shape index (κ3) is 3.53. The van der Waals surface area contributed by atoms with E-state index in [1.807, 2.05) is 0 Å². The van der Waals surface area contributed by atoms with Gasteiger partial charge in [-0.2, -0.15) is 0 Å². The average Bonchev–Trinajstić information content (AvgIpc) is 2.58. The second-order valence-corrected chi connectivity index (χ2v) is 6.07. The number of nitrogens with one attached hydrogen (secondary N) is 3. The summed E-state index contributed by atoms with van der Waals surface area (Å²) in [5, 5.41) is 23.7. The molecule has 26 heavy (non-hydrogen) atoms. The molecular formula is C18H19FN6O. The summed E-state index contributed by atoms with van der Waals surface area (Å²) in [5.74, 6) is 0.339. The van der Waals surface area contributed by atoms with E-state index in [2.05, 4.69) is 4.98 Å². The molecule has 1 aromatic heterocycles. The SMILES string of the molecule is CC(=N)OC(=N)c1ccc(N)c(C(=N)c2ccnc(N3CC(F)C3)c2)c1. The Hall–Kier alpha value is -3.29. The Kier molecular flexibility index (Phi) is 4.66. The molecule has 1 aliphatic heterocycles. The number of nitrogens with zero attached hydrogens (tertiary/aromatic N) is 2. The quantitative estimate of drug-likeness (QED) is 0.383. The smallest absolute Gasteiger partial charge is 0.220 e. The third-order valence-corrected chi connectivity index (χ3v) is 4.04. The van der Waals surface area contributed by atoms with Gasteiger partial charge < -0.3 is 15.4 Å². The number of rotatable bonds is 4. The van der Waals surface area contributed by atoms with Gasteiger partial charge in [-0.15, -0.1) is 0 Å². The minimum absolute atomic E-state index is 0.0945. The van der Waals surface area contributed by atoms with E-state index in [-0.39, 0.29) is 17.5 Å². The molecule has 7 nitrogen and oxygen atoms in total. The predicted molar refractivity (Wildman–Crippen MR) is 99.4 cm³/mol. The van der Waals surface area contributed by atoms with Crippen molar-refractivity contribution in [2.24, 2.45) is 0 Å². The Balaban J connectivity index is 1.89. The molecule has 0 atom stereocenters. The van der Waals surface area contributed by atoms with Crippen LogP contribution in [0.2, 0.25) is 0 Å². The standard InChI is InChI=1S/C18H19FN6O/c1-10(20)26-18(23)12-2-3-15(21)14(6-12)17(22)11-4-5-24-16(7-11)25-8-13(19)9-25/h2-7,13,20,22-23H,8-9,21H2,1H3. The maximum atomic E-state index is 13.1. The molecule has 0 amide bonds. The van der Waals surface area contributed by atoms with Gasteiger partial charge in [0.05, 0.1) is 18.8 Å². The van der Waals surface area contributed by atoms with Crippen molar-refractivity contribution in [1.82, 2.24) is 4.98 Å². The Labute approximate surface area is 150 Å². The second-order valence-electron chi connectivity index (χ2n) is 6.07. The number of aromatic nitrogens is 1. The Morgan fingerprint density at radius 1 is 1.19 bits per heavy atom. The van der Waals surface area contributed by atoms with Crippen LogP contribution in [0, 0.1) is 16.2 Å². The summed E-state index contributed by atoms with van der Waals surface area (Å²) >= 11 is 0. The Morgan fingerprint density at radius 3 is 2.58 bits per heavy atom. The highest BCUT2D eigenvalue weighted by Crippen LogP contribution is 2.24. The molecule has 1 aromatic carbocycles. The van der Waals surface area contributed by atoms with Crippen molar-refractivity contribution in [3.8, 4) is 0 Å². The zero-order chi connectivity index (χ0) is 18.8. The van der Waals surface area contributed by atoms with Crippen LogP contribution in [0.1, 0.15) is 23.6 Å². The van der Waals surface area contributed by atoms with Gasteiger partial charge in [0.25, 0.3) is 0 Å². The molecule has 2 aromatic rings. The number of pyridine rings is 1. The van der Waals surface area contributed by atoms with Crippen LogP contribution in [0.15, 0.2) is 36.5 Å². The van der Waals surface area contributed by atoms with Gasteiger partial charge >= 0.3 is 0 Å². The van der Waals surface area contributed by atoms with Crippen molar-refractivity contribution in [3.63, 3.8) is 0 Å². The topological polar surface area (TPSA) is 123 Å². The number of hydrogen-bond donors (Lipinski definition) is 4. The van der Waals surface area contributed by atoms with E-state index in [1.165, 1.54) is 6.92 Å². The van der Waals surface area contributed by atoms with Gasteiger partial charge in [0.1, 0.15) is 12.0 Å². The average molecular weight is 354 g/mol. The first kappa shape index (κ1) is 17.5. The second kappa shape index (κ2) is 6.91. The lowest BCUT2D eigenvalue weighted by Gasteiger charge is -2.35. The van der Waals surface area contributed by atoms with Crippen molar-refractivity contribution in [2.45, 2.75) is 13.1 Å². The first-order chi connectivity index (χ1) is 12.3. The van der Waals surface area contributed by atoms with Crippen molar-refractivity contribution in [3.05, 3.63) is 53.2 Å². The summed E-state index contributed by atoms with van der Waals surface area (Å²) in [4.78, 5) is 6.03. The summed E-state index contributed by atoms with van der Waals surface area (Å²) in [5.41, 5.74) is 8.04. The number of ether oxygens (including phenoxy) is 1. The van der Waals surface area contributed by atoms with Gasteiger partial charge in [-0.25, -0.2) is 9.37 Å². The maximum Gasteiger partial charge on any atom is 0.220 e. The van der Waals surface area contributed by atoms with E-state index in [1.54, 1.807) is 41.4 Å². The van der Waals surface area contributed by atoms with Crippen molar-refractivity contribution in [1.29, 1.82) is 16.2 Å². The summed E-state index contributed by atoms with van der Waals surface area (Å²) < 4.78 is 18.1. The van der Waals surface area contributed by atoms with Gasteiger partial charge in [0, 0.05) is 35.5 Å². The van der Waals surface area contributed by atoms with Gasteiger partial charge in [0.2, 0.25) is 5.90 Å². The number of halogens is 1. The fourth-order valence-electron chi connectivity index (χ4n) is 2.64. The summed E-state index contributed by atoms with van der Waals surface area (Å²) in [6, 6.07) is 8.21. The van der Waals surface area contributed by atoms with Crippen LogP contribution < -0.4 is 10.6 Å². The number of alkyl halides is 1. The molecule has 134 valence electrons. The lowest BCUT2D eigenvalue weighted by atomic mass is 9.99. The van der Waals surface area contributed by atoms with Crippen LogP contribution in [0.4, 0.5) is 15.9 Å². The number of benzene rings is 1. The van der Waals surface area contributed by atoms with E-state index in [4.69, 9.17) is 26.7 Å². The molecule has 3 rings (SSSR count). The zero-order valence-corrected chi connectivity index (χ0v) is 14.2. The van der Waals surface area contributed by atoms with Gasteiger partial charge in [-0.3, -0.25) is 16.2 Å². The van der Waals surface area contributed by atoms with E-state index < -0.39 is 6.17 Å². The van der Waals surface area contributed by atoms with Crippen molar-refractivity contribution >= 4 is 29.0 Å². The lowest BCUT2D eigenvalue weighted by molar-refractivity contribution is 0.273. The predicted octanol–water partition coefficient (Wildman–Crippen LogP) is 2.58. The molecule has 2 heterocycles. The molecule has 5 N–H and O–H groups in total. The molecule has 0 spiro atoms. The van der Waals surface area contributed by atoms with E-state index in [0.29, 0.717) is 41.3 Å². The molecule has 0 bridgehead atoms. The normalized spacial score (nSPS) is 13.8. The Morgan fingerprint density at radius 2 is 1.92 bits per heavy atom. The molecule has 0 unspecified atom stereocenters. The molecule has 1 fully saturated rings. The summed E-state index contributed by atoms with van der Waals surface area (Å²) in [6.45, 7) is 2.04. The van der Waals surface area contributed by atoms with Crippen LogP contribution in [0.5, 0.6) is 0 Å². The molecule has 0 saturated carbocycles.